The van der Waals surface area contributed by atoms with Crippen molar-refractivity contribution in [3.05, 3.63) is 0 Å². The number of amides is 3. The van der Waals surface area contributed by atoms with E-state index in [-0.39, 0.29) is 18.5 Å². The highest BCUT2D eigenvalue weighted by Gasteiger charge is 2.24. The van der Waals surface area contributed by atoms with Crippen LogP contribution in [0, 0.1) is 0 Å². The first-order chi connectivity index (χ1) is 8.93. The molecule has 0 aliphatic carbocycles. The molecule has 1 aliphatic rings. The molecule has 0 radical (unpaired) electrons. The molecule has 19 heavy (non-hydrogen) atoms. The van der Waals surface area contributed by atoms with E-state index in [4.69, 9.17) is 5.11 Å². The van der Waals surface area contributed by atoms with Gasteiger partial charge in [0.2, 0.25) is 5.91 Å². The molecule has 108 valence electrons. The van der Waals surface area contributed by atoms with E-state index in [1.807, 2.05) is 0 Å². The van der Waals surface area contributed by atoms with Gasteiger partial charge in [-0.1, -0.05) is 0 Å². The monoisotopic (exact) mass is 272 g/mol. The second-order valence-corrected chi connectivity index (χ2v) is 4.44. The minimum Gasteiger partial charge on any atom is -0.480 e. The molecule has 1 aliphatic heterocycles. The number of likely N-dealkylation sites (N-methyl/N-ethyl adjacent to an activating group) is 1. The zero-order valence-electron chi connectivity index (χ0n) is 11.2. The second-order valence-electron chi connectivity index (χ2n) is 4.44. The van der Waals surface area contributed by atoms with Crippen LogP contribution in [0.25, 0.3) is 0 Å². The van der Waals surface area contributed by atoms with Crippen LogP contribution in [0.3, 0.4) is 0 Å². The number of piperazine rings is 1. The van der Waals surface area contributed by atoms with E-state index >= 15 is 0 Å². The quantitative estimate of drug-likeness (QED) is 0.580. The summed E-state index contributed by atoms with van der Waals surface area (Å²) in [4.78, 5) is 37.1. The first kappa shape index (κ1) is 15.2. The van der Waals surface area contributed by atoms with Gasteiger partial charge in [-0.2, -0.15) is 0 Å². The molecule has 0 saturated carbocycles. The van der Waals surface area contributed by atoms with E-state index in [1.165, 1.54) is 7.05 Å². The first-order valence-electron chi connectivity index (χ1n) is 6.15. The summed E-state index contributed by atoms with van der Waals surface area (Å²) in [6.45, 7) is 3.56. The summed E-state index contributed by atoms with van der Waals surface area (Å²) >= 11 is 0. The minimum absolute atomic E-state index is 0.00982. The molecule has 1 heterocycles. The highest BCUT2D eigenvalue weighted by molar-refractivity contribution is 5.86. The van der Waals surface area contributed by atoms with Gasteiger partial charge in [-0.3, -0.25) is 14.5 Å². The van der Waals surface area contributed by atoms with Crippen LogP contribution in [-0.2, 0) is 9.59 Å². The number of hydrogen-bond acceptors (Lipinski definition) is 4. The molecule has 0 aromatic carbocycles. The number of rotatable bonds is 4. The van der Waals surface area contributed by atoms with Crippen molar-refractivity contribution >= 4 is 17.9 Å². The van der Waals surface area contributed by atoms with Crippen LogP contribution in [-0.4, -0.2) is 78.6 Å². The summed E-state index contributed by atoms with van der Waals surface area (Å²) in [5.74, 6) is -1.12. The van der Waals surface area contributed by atoms with Crippen LogP contribution in [0.4, 0.5) is 4.79 Å². The van der Waals surface area contributed by atoms with Crippen molar-refractivity contribution in [1.29, 1.82) is 0 Å². The average Bonchev–Trinajstić information content (AvgIpc) is 2.37. The summed E-state index contributed by atoms with van der Waals surface area (Å²) in [5.41, 5.74) is 0. The van der Waals surface area contributed by atoms with E-state index in [1.54, 1.807) is 16.7 Å². The van der Waals surface area contributed by atoms with Gasteiger partial charge in [-0.25, -0.2) is 4.79 Å². The van der Waals surface area contributed by atoms with Crippen molar-refractivity contribution in [3.8, 4) is 0 Å². The van der Waals surface area contributed by atoms with Gasteiger partial charge in [0.05, 0.1) is 6.54 Å². The molecular formula is C11H20N4O4. The Morgan fingerprint density at radius 1 is 1.21 bits per heavy atom. The number of carboxylic acids is 1. The summed E-state index contributed by atoms with van der Waals surface area (Å²) in [6, 6.07) is -0.888. The van der Waals surface area contributed by atoms with Crippen molar-refractivity contribution in [2.75, 3.05) is 39.8 Å². The minimum atomic E-state index is -0.869. The van der Waals surface area contributed by atoms with Gasteiger partial charge in [0, 0.05) is 33.2 Å². The third-order valence-corrected chi connectivity index (χ3v) is 3.00. The fourth-order valence-electron chi connectivity index (χ4n) is 1.86. The normalized spacial score (nSPS) is 17.7. The van der Waals surface area contributed by atoms with Gasteiger partial charge in [-0.05, 0) is 6.92 Å². The Morgan fingerprint density at radius 2 is 1.79 bits per heavy atom. The van der Waals surface area contributed by atoms with Gasteiger partial charge in [0.1, 0.15) is 6.04 Å². The van der Waals surface area contributed by atoms with Crippen LogP contribution in [0.15, 0.2) is 0 Å². The Balaban J connectivity index is 2.36. The van der Waals surface area contributed by atoms with Gasteiger partial charge in [0.25, 0.3) is 0 Å². The van der Waals surface area contributed by atoms with Crippen molar-refractivity contribution < 1.29 is 19.5 Å². The maximum atomic E-state index is 11.9. The zero-order chi connectivity index (χ0) is 14.4. The standard InChI is InChI=1S/C11H20N4O4/c1-8(10(18)12-2)13-11(19)15-5-3-14(4-6-15)7-9(16)17/h8H,3-7H2,1-2H3,(H,12,18)(H,13,19)(H,16,17). The van der Waals surface area contributed by atoms with Crippen molar-refractivity contribution in [2.24, 2.45) is 0 Å². The molecule has 0 spiro atoms. The number of carboxylic acid groups (broad SMARTS) is 1. The number of nitrogens with zero attached hydrogens (tertiary/aromatic N) is 2. The third-order valence-electron chi connectivity index (χ3n) is 3.00. The lowest BCUT2D eigenvalue weighted by molar-refractivity contribution is -0.138. The summed E-state index contributed by atoms with van der Waals surface area (Å²) in [6.07, 6.45) is 0. The number of hydrogen-bond donors (Lipinski definition) is 3. The molecule has 0 bridgehead atoms. The summed E-state index contributed by atoms with van der Waals surface area (Å²) < 4.78 is 0. The fourth-order valence-corrected chi connectivity index (χ4v) is 1.86. The molecular weight excluding hydrogens is 252 g/mol. The van der Waals surface area contributed by atoms with Gasteiger partial charge >= 0.3 is 12.0 Å². The predicted molar refractivity (Wildman–Crippen MR) is 67.7 cm³/mol. The van der Waals surface area contributed by atoms with Crippen molar-refractivity contribution in [2.45, 2.75) is 13.0 Å². The van der Waals surface area contributed by atoms with E-state index in [2.05, 4.69) is 10.6 Å². The summed E-state index contributed by atoms with van der Waals surface area (Å²) in [7, 11) is 1.51. The molecule has 1 unspecified atom stereocenters. The number of carbonyl (C=O) groups is 3. The van der Waals surface area contributed by atoms with Gasteiger partial charge < -0.3 is 20.6 Å². The third kappa shape index (κ3) is 4.74. The molecule has 8 heteroatoms. The van der Waals surface area contributed by atoms with Gasteiger partial charge in [-0.15, -0.1) is 0 Å². The Labute approximate surface area is 111 Å². The number of nitrogens with one attached hydrogen (secondary N) is 2. The van der Waals surface area contributed by atoms with Crippen LogP contribution < -0.4 is 10.6 Å². The fraction of sp³-hybridized carbons (Fsp3) is 0.727. The molecule has 1 atom stereocenters. The molecule has 3 N–H and O–H groups in total. The topological polar surface area (TPSA) is 102 Å². The zero-order valence-corrected chi connectivity index (χ0v) is 11.2. The van der Waals surface area contributed by atoms with Crippen LogP contribution in [0.5, 0.6) is 0 Å². The number of urea groups is 1. The van der Waals surface area contributed by atoms with Crippen LogP contribution in [0.1, 0.15) is 6.92 Å². The van der Waals surface area contributed by atoms with Crippen molar-refractivity contribution in [1.82, 2.24) is 20.4 Å². The Morgan fingerprint density at radius 3 is 2.26 bits per heavy atom. The van der Waals surface area contributed by atoms with Crippen LogP contribution >= 0.6 is 0 Å². The lowest BCUT2D eigenvalue weighted by Crippen LogP contribution is -2.55. The number of aliphatic carboxylic acids is 1. The molecule has 0 aromatic rings. The van der Waals surface area contributed by atoms with Crippen molar-refractivity contribution in [3.63, 3.8) is 0 Å². The Bertz CT molecular complexity index is 353. The Hall–Kier alpha value is -1.83. The molecule has 1 saturated heterocycles. The SMILES string of the molecule is CNC(=O)C(C)NC(=O)N1CCN(CC(=O)O)CC1. The second kappa shape index (κ2) is 6.93. The largest absolute Gasteiger partial charge is 0.480 e. The van der Waals surface area contributed by atoms with E-state index < -0.39 is 12.0 Å². The lowest BCUT2D eigenvalue weighted by Gasteiger charge is -2.34. The van der Waals surface area contributed by atoms with Gasteiger partial charge in [0.15, 0.2) is 0 Å². The predicted octanol–water partition coefficient (Wildman–Crippen LogP) is -1.47. The summed E-state index contributed by atoms with van der Waals surface area (Å²) in [5, 5.41) is 13.7. The highest BCUT2D eigenvalue weighted by atomic mass is 16.4. The molecule has 0 aromatic heterocycles. The molecule has 1 rings (SSSR count). The average molecular weight is 272 g/mol. The first-order valence-corrected chi connectivity index (χ1v) is 6.15. The number of carbonyl (C=O) groups excluding carboxylic acids is 2. The molecule has 8 nitrogen and oxygen atoms in total. The molecule has 1 fully saturated rings. The lowest BCUT2D eigenvalue weighted by atomic mass is 10.3. The van der Waals surface area contributed by atoms with E-state index in [0.717, 1.165) is 0 Å². The maximum Gasteiger partial charge on any atom is 0.318 e. The van der Waals surface area contributed by atoms with E-state index in [9.17, 15) is 14.4 Å². The highest BCUT2D eigenvalue weighted by Crippen LogP contribution is 2.02. The van der Waals surface area contributed by atoms with E-state index in [0.29, 0.717) is 26.2 Å². The van der Waals surface area contributed by atoms with Crippen LogP contribution in [0.2, 0.25) is 0 Å². The Kier molecular flexibility index (Phi) is 5.56. The maximum absolute atomic E-state index is 11.9. The smallest absolute Gasteiger partial charge is 0.318 e. The molecule has 3 amide bonds.